The third-order valence-electron chi connectivity index (χ3n) is 7.09. The zero-order valence-electron chi connectivity index (χ0n) is 21.0. The molecule has 0 heterocycles. The highest BCUT2D eigenvalue weighted by Gasteiger charge is 2.30. The second-order valence-corrected chi connectivity index (χ2v) is 9.45. The smallest absolute Gasteiger partial charge is 0.201 e. The van der Waals surface area contributed by atoms with Crippen molar-refractivity contribution in [2.45, 2.75) is 64.1 Å². The lowest BCUT2D eigenvalue weighted by molar-refractivity contribution is 0.192. The minimum absolute atomic E-state index is 0.116. The maximum Gasteiger partial charge on any atom is 0.201 e. The molecule has 1 aliphatic rings. The molecule has 1 saturated carbocycles. The van der Waals surface area contributed by atoms with Gasteiger partial charge in [0, 0.05) is 11.1 Å². The summed E-state index contributed by atoms with van der Waals surface area (Å²) in [6.45, 7) is 2.60. The van der Waals surface area contributed by atoms with Crippen LogP contribution in [0.1, 0.15) is 79.7 Å². The highest BCUT2D eigenvalue weighted by molar-refractivity contribution is 5.36. The Morgan fingerprint density at radius 1 is 0.684 bits per heavy atom. The van der Waals surface area contributed by atoms with Crippen LogP contribution in [0.4, 0.5) is 26.3 Å². The Morgan fingerprint density at radius 3 is 1.76 bits per heavy atom. The van der Waals surface area contributed by atoms with E-state index in [1.807, 2.05) is 0 Å². The molecule has 0 radical (unpaired) electrons. The van der Waals surface area contributed by atoms with Crippen LogP contribution in [0, 0.1) is 34.9 Å². The van der Waals surface area contributed by atoms with E-state index in [0.29, 0.717) is 25.7 Å². The quantitative estimate of drug-likeness (QED) is 0.296. The van der Waals surface area contributed by atoms with Crippen molar-refractivity contribution in [2.24, 2.45) is 0 Å². The minimum Gasteiger partial charge on any atom is -0.491 e. The predicted molar refractivity (Wildman–Crippen MR) is 129 cm³/mol. The van der Waals surface area contributed by atoms with Crippen LogP contribution in [0.25, 0.3) is 0 Å². The second kappa shape index (κ2) is 11.7. The Morgan fingerprint density at radius 2 is 1.18 bits per heavy atom. The molecule has 3 aromatic rings. The van der Waals surface area contributed by atoms with Crippen molar-refractivity contribution in [1.82, 2.24) is 0 Å². The molecule has 0 bridgehead atoms. The van der Waals surface area contributed by atoms with E-state index in [1.54, 1.807) is 6.92 Å². The third-order valence-corrected chi connectivity index (χ3v) is 7.09. The lowest BCUT2D eigenvalue weighted by Gasteiger charge is -2.30. The van der Waals surface area contributed by atoms with Gasteiger partial charge in [-0.3, -0.25) is 0 Å². The summed E-state index contributed by atoms with van der Waals surface area (Å²) in [5, 5.41) is 9.58. The van der Waals surface area contributed by atoms with Crippen LogP contribution < -0.4 is 9.47 Å². The molecule has 1 unspecified atom stereocenters. The molecule has 0 amide bonds. The Hall–Kier alpha value is -3.20. The molecule has 38 heavy (non-hydrogen) atoms. The fraction of sp³-hybridized carbons (Fsp3) is 0.379. The van der Waals surface area contributed by atoms with Crippen LogP contribution in [0.5, 0.6) is 11.5 Å². The van der Waals surface area contributed by atoms with Crippen LogP contribution in [-0.4, -0.2) is 11.7 Å². The largest absolute Gasteiger partial charge is 0.491 e. The van der Waals surface area contributed by atoms with Crippen LogP contribution in [0.15, 0.2) is 36.4 Å². The van der Waals surface area contributed by atoms with Gasteiger partial charge in [-0.2, -0.15) is 8.78 Å². The Kier molecular flexibility index (Phi) is 8.55. The third kappa shape index (κ3) is 5.48. The maximum atomic E-state index is 15.0. The zero-order valence-corrected chi connectivity index (χ0v) is 21.0. The van der Waals surface area contributed by atoms with Gasteiger partial charge in [0.05, 0.1) is 12.7 Å². The SMILES string of the molecule is CCOc1ccc(COc2ccc(C3CCC(c4ccc(C(C)O)c(F)c4F)CC3)c(F)c2F)c(F)c1F. The first-order valence-corrected chi connectivity index (χ1v) is 12.5. The standard InChI is InChI=1S/C29H28F6O3/c1-3-37-22-12-8-18(24(30)28(22)34)14-38-23-13-11-21(27(33)29(23)35)17-6-4-16(5-7-17)20-10-9-19(15(2)36)25(31)26(20)32/h8-13,15-17,36H,3-7,14H2,1-2H3. The van der Waals surface area contributed by atoms with Gasteiger partial charge in [-0.05, 0) is 80.7 Å². The average Bonchev–Trinajstić information content (AvgIpc) is 2.90. The van der Waals surface area contributed by atoms with Gasteiger partial charge in [0.1, 0.15) is 6.61 Å². The molecule has 204 valence electrons. The first kappa shape index (κ1) is 27.8. The molecule has 1 atom stereocenters. The van der Waals surface area contributed by atoms with Gasteiger partial charge in [-0.25, -0.2) is 17.6 Å². The van der Waals surface area contributed by atoms with Gasteiger partial charge in [0.25, 0.3) is 0 Å². The molecule has 3 aromatic carbocycles. The van der Waals surface area contributed by atoms with Crippen molar-refractivity contribution in [3.63, 3.8) is 0 Å². The van der Waals surface area contributed by atoms with Crippen molar-refractivity contribution in [3.05, 3.63) is 93.6 Å². The van der Waals surface area contributed by atoms with E-state index >= 15 is 0 Å². The van der Waals surface area contributed by atoms with Gasteiger partial charge in [-0.1, -0.05) is 18.2 Å². The first-order valence-electron chi connectivity index (χ1n) is 12.5. The highest BCUT2D eigenvalue weighted by Crippen LogP contribution is 2.43. The van der Waals surface area contributed by atoms with Crippen molar-refractivity contribution in [1.29, 1.82) is 0 Å². The van der Waals surface area contributed by atoms with Crippen molar-refractivity contribution < 1.29 is 40.9 Å². The predicted octanol–water partition coefficient (Wildman–Crippen LogP) is 7.99. The molecule has 0 spiro atoms. The second-order valence-electron chi connectivity index (χ2n) is 9.45. The summed E-state index contributed by atoms with van der Waals surface area (Å²) < 4.78 is 97.3. The topological polar surface area (TPSA) is 38.7 Å². The zero-order chi connectivity index (χ0) is 27.6. The first-order chi connectivity index (χ1) is 18.1. The summed E-state index contributed by atoms with van der Waals surface area (Å²) >= 11 is 0. The van der Waals surface area contributed by atoms with Crippen molar-refractivity contribution >= 4 is 0 Å². The van der Waals surface area contributed by atoms with E-state index in [1.165, 1.54) is 43.3 Å². The van der Waals surface area contributed by atoms with Crippen LogP contribution in [0.3, 0.4) is 0 Å². The molecule has 4 rings (SSSR count). The maximum absolute atomic E-state index is 15.0. The fourth-order valence-corrected chi connectivity index (χ4v) is 5.01. The lowest BCUT2D eigenvalue weighted by atomic mass is 9.75. The molecule has 1 fully saturated rings. The van der Waals surface area contributed by atoms with E-state index in [2.05, 4.69) is 0 Å². The number of ether oxygens (including phenoxy) is 2. The molecule has 9 heteroatoms. The number of aliphatic hydroxyl groups is 1. The number of halogens is 6. The summed E-state index contributed by atoms with van der Waals surface area (Å²) in [5.74, 6) is -8.10. The van der Waals surface area contributed by atoms with Crippen molar-refractivity contribution in [2.75, 3.05) is 6.61 Å². The molecular formula is C29H28F6O3. The van der Waals surface area contributed by atoms with Gasteiger partial charge in [0.2, 0.25) is 11.6 Å². The van der Waals surface area contributed by atoms with Gasteiger partial charge < -0.3 is 14.6 Å². The van der Waals surface area contributed by atoms with E-state index in [4.69, 9.17) is 9.47 Å². The molecule has 3 nitrogen and oxygen atoms in total. The number of hydrogen-bond acceptors (Lipinski definition) is 3. The minimum atomic E-state index is -1.24. The van der Waals surface area contributed by atoms with Gasteiger partial charge >= 0.3 is 0 Å². The summed E-state index contributed by atoms with van der Waals surface area (Å²) in [6, 6.07) is 7.96. The molecule has 0 saturated heterocycles. The van der Waals surface area contributed by atoms with E-state index in [-0.39, 0.29) is 46.4 Å². The summed E-state index contributed by atoms with van der Waals surface area (Å²) in [6.07, 6.45) is 0.600. The van der Waals surface area contributed by atoms with Crippen molar-refractivity contribution in [3.8, 4) is 11.5 Å². The van der Waals surface area contributed by atoms with Gasteiger partial charge in [-0.15, -0.1) is 0 Å². The summed E-state index contributed by atoms with van der Waals surface area (Å²) in [5.41, 5.74) is 0.0508. The monoisotopic (exact) mass is 538 g/mol. The molecular weight excluding hydrogens is 510 g/mol. The number of hydrogen-bond donors (Lipinski definition) is 1. The van der Waals surface area contributed by atoms with E-state index in [9.17, 15) is 31.4 Å². The Bertz CT molecular complexity index is 1300. The molecule has 1 N–H and O–H groups in total. The normalized spacial score (nSPS) is 18.3. The Labute approximate surface area is 217 Å². The van der Waals surface area contributed by atoms with Gasteiger partial charge in [0.15, 0.2) is 34.8 Å². The summed E-state index contributed by atoms with van der Waals surface area (Å²) in [7, 11) is 0. The highest BCUT2D eigenvalue weighted by atomic mass is 19.2. The molecule has 1 aliphatic carbocycles. The summed E-state index contributed by atoms with van der Waals surface area (Å²) in [4.78, 5) is 0. The van der Waals surface area contributed by atoms with E-state index < -0.39 is 53.4 Å². The molecule has 0 aromatic heterocycles. The van der Waals surface area contributed by atoms with E-state index in [0.717, 1.165) is 0 Å². The molecule has 0 aliphatic heterocycles. The van der Waals surface area contributed by atoms with Crippen LogP contribution in [-0.2, 0) is 6.61 Å². The van der Waals surface area contributed by atoms with Crippen LogP contribution in [0.2, 0.25) is 0 Å². The lowest BCUT2D eigenvalue weighted by Crippen LogP contribution is -2.16. The number of rotatable bonds is 8. The average molecular weight is 539 g/mol. The van der Waals surface area contributed by atoms with Crippen LogP contribution >= 0.6 is 0 Å². The Balaban J connectivity index is 1.43. The fourth-order valence-electron chi connectivity index (χ4n) is 5.01. The number of benzene rings is 3. The number of aliphatic hydroxyl groups excluding tert-OH is 1.